The Morgan fingerprint density at radius 3 is 2.61 bits per heavy atom. The Balaban J connectivity index is 1.97. The van der Waals surface area contributed by atoms with E-state index in [0.29, 0.717) is 11.1 Å². The number of rotatable bonds is 6. The normalized spacial score (nSPS) is 12.3. The molecule has 0 bridgehead atoms. The molecule has 0 radical (unpaired) electrons. The van der Waals surface area contributed by atoms with Crippen LogP contribution in [0.2, 0.25) is 0 Å². The van der Waals surface area contributed by atoms with Crippen molar-refractivity contribution in [3.05, 3.63) is 65.9 Å². The van der Waals surface area contributed by atoms with E-state index in [9.17, 15) is 14.2 Å². The number of pyridine rings is 1. The largest absolute Gasteiger partial charge is 0.494 e. The second kappa shape index (κ2) is 9.11. The first-order valence-electron chi connectivity index (χ1n) is 12.2. The van der Waals surface area contributed by atoms with Gasteiger partial charge in [0, 0.05) is 57.4 Å². The van der Waals surface area contributed by atoms with Crippen molar-refractivity contribution in [2.45, 2.75) is 32.6 Å². The zero-order valence-electron chi connectivity index (χ0n) is 22.3. The number of methoxy groups -OCH3 is 1. The summed E-state index contributed by atoms with van der Waals surface area (Å²) in [4.78, 5) is 4.65. The quantitative estimate of drug-likeness (QED) is 0.255. The van der Waals surface area contributed by atoms with Crippen LogP contribution in [0.15, 0.2) is 48.8 Å². The smallest absolute Gasteiger partial charge is 0.165 e. The molecule has 3 aromatic heterocycles. The van der Waals surface area contributed by atoms with Crippen LogP contribution in [-0.4, -0.2) is 40.2 Å². The first-order chi connectivity index (χ1) is 18.0. The average Bonchev–Trinajstić information content (AvgIpc) is 3.44. The van der Waals surface area contributed by atoms with Crippen LogP contribution in [0.3, 0.4) is 0 Å². The molecule has 0 aliphatic carbocycles. The molecule has 0 spiro atoms. The number of H-pyrrole nitrogens is 1. The Hall–Kier alpha value is -3.95. The summed E-state index contributed by atoms with van der Waals surface area (Å²) in [6, 6.07) is 13.2. The number of nitrogens with one attached hydrogen (secondary N) is 1. The van der Waals surface area contributed by atoms with Gasteiger partial charge >= 0.3 is 0 Å². The van der Waals surface area contributed by atoms with Crippen molar-refractivity contribution in [3.63, 3.8) is 0 Å². The molecule has 194 valence electrons. The lowest BCUT2D eigenvalue weighted by Crippen LogP contribution is -2.22. The molecular weight excluding hydrogens is 500 g/mol. The van der Waals surface area contributed by atoms with E-state index in [4.69, 9.17) is 4.74 Å². The van der Waals surface area contributed by atoms with E-state index >= 15 is 0 Å². The van der Waals surface area contributed by atoms with Crippen LogP contribution in [0.25, 0.3) is 38.6 Å². The van der Waals surface area contributed by atoms with Gasteiger partial charge in [-0.1, -0.05) is 13.8 Å². The molecule has 0 amide bonds. The maximum atomic E-state index is 14.4. The summed E-state index contributed by atoms with van der Waals surface area (Å²) in [5.74, 6) is -0.329. The molecule has 0 saturated carbocycles. The Bertz CT molecular complexity index is 1810. The number of ether oxygens (including phenoxy) is 1. The Morgan fingerprint density at radius 1 is 1.18 bits per heavy atom. The molecule has 0 saturated heterocycles. The van der Waals surface area contributed by atoms with Crippen molar-refractivity contribution in [2.75, 3.05) is 20.4 Å². The van der Waals surface area contributed by atoms with Crippen LogP contribution in [0, 0.1) is 24.1 Å². The van der Waals surface area contributed by atoms with Gasteiger partial charge in [-0.2, -0.15) is 10.4 Å². The minimum absolute atomic E-state index is 0.128. The monoisotopic (exact) mass is 529 g/mol. The fourth-order valence-corrected chi connectivity index (χ4v) is 6.51. The van der Waals surface area contributed by atoms with Gasteiger partial charge in [0.1, 0.15) is 12.6 Å². The van der Waals surface area contributed by atoms with E-state index < -0.39 is 18.4 Å². The van der Waals surface area contributed by atoms with Crippen molar-refractivity contribution in [3.8, 4) is 28.6 Å². The minimum atomic E-state index is -2.57. The van der Waals surface area contributed by atoms with E-state index in [1.165, 1.54) is 13.2 Å². The molecule has 3 heterocycles. The lowest BCUT2D eigenvalue weighted by Gasteiger charge is -2.27. The van der Waals surface area contributed by atoms with Gasteiger partial charge in [-0.3, -0.25) is 10.1 Å². The van der Waals surface area contributed by atoms with Gasteiger partial charge in [0.15, 0.2) is 11.6 Å². The number of aromatic amines is 1. The number of fused-ring (bicyclic) bond motifs is 2. The van der Waals surface area contributed by atoms with Gasteiger partial charge in [-0.25, -0.2) is 4.39 Å². The van der Waals surface area contributed by atoms with Crippen LogP contribution >= 0.6 is 7.14 Å². The number of hydrogen-bond donors (Lipinski definition) is 1. The molecular formula is C29H29FN5O2P. The third-order valence-corrected chi connectivity index (χ3v) is 8.42. The maximum absolute atomic E-state index is 14.4. The lowest BCUT2D eigenvalue weighted by atomic mass is 9.82. The lowest BCUT2D eigenvalue weighted by molar-refractivity contribution is 0.386. The first kappa shape index (κ1) is 25.7. The zero-order chi connectivity index (χ0) is 27.4. The summed E-state index contributed by atoms with van der Waals surface area (Å²) in [6.07, 6.45) is 3.77. The number of nitrogens with zero attached hydrogens (tertiary/aromatic N) is 4. The zero-order valence-corrected chi connectivity index (χ0v) is 23.2. The highest BCUT2D eigenvalue weighted by molar-refractivity contribution is 7.70. The van der Waals surface area contributed by atoms with Crippen LogP contribution in [-0.2, 0) is 9.98 Å². The van der Waals surface area contributed by atoms with Gasteiger partial charge in [-0.05, 0) is 56.1 Å². The second-order valence-corrected chi connectivity index (χ2v) is 13.8. The topological polar surface area (TPSA) is 96.6 Å². The number of aryl methyl sites for hydroxylation is 1. The summed E-state index contributed by atoms with van der Waals surface area (Å²) >= 11 is 0. The molecule has 0 aliphatic heterocycles. The van der Waals surface area contributed by atoms with Crippen LogP contribution in [0.4, 0.5) is 4.39 Å². The van der Waals surface area contributed by atoms with E-state index in [2.05, 4.69) is 25.8 Å². The van der Waals surface area contributed by atoms with Gasteiger partial charge < -0.3 is 13.9 Å². The molecule has 1 N–H and O–H groups in total. The number of aromatic nitrogens is 4. The van der Waals surface area contributed by atoms with E-state index in [1.807, 2.05) is 39.0 Å². The van der Waals surface area contributed by atoms with E-state index in [1.54, 1.807) is 37.9 Å². The summed E-state index contributed by atoms with van der Waals surface area (Å²) in [6.45, 7) is 9.40. The van der Waals surface area contributed by atoms with Gasteiger partial charge in [0.05, 0.1) is 30.4 Å². The fraction of sp³-hybridized carbons (Fsp3) is 0.276. The standard InChI is InChI=1S/C29H29FN5O2P/c1-17-11-19(15-32-28(17)38(5,6)36)26-21-14-23-18(16-33-34-23)12-24(21)35(27(26)29(2,3)9-10-31)20-7-8-22(30)25(13-20)37-4/h7-8,11-16H,9H2,1-6H3,(H,33,34). The van der Waals surface area contributed by atoms with Crippen molar-refractivity contribution in [1.29, 1.82) is 5.26 Å². The summed E-state index contributed by atoms with van der Waals surface area (Å²) in [5, 5.41) is 18.9. The molecule has 0 unspecified atom stereocenters. The van der Waals surface area contributed by atoms with Crippen molar-refractivity contribution in [1.82, 2.24) is 19.7 Å². The van der Waals surface area contributed by atoms with Gasteiger partial charge in [0.2, 0.25) is 0 Å². The molecule has 38 heavy (non-hydrogen) atoms. The average molecular weight is 530 g/mol. The van der Waals surface area contributed by atoms with E-state index in [0.717, 1.165) is 44.2 Å². The second-order valence-electron chi connectivity index (χ2n) is 10.6. The highest BCUT2D eigenvalue weighted by atomic mass is 31.2. The number of halogens is 1. The van der Waals surface area contributed by atoms with Crippen LogP contribution in [0.1, 0.15) is 31.5 Å². The first-order valence-corrected chi connectivity index (χ1v) is 14.8. The number of benzene rings is 2. The van der Waals surface area contributed by atoms with Crippen LogP contribution < -0.4 is 10.2 Å². The Kier molecular flexibility index (Phi) is 6.16. The third-order valence-electron chi connectivity index (χ3n) is 6.93. The highest BCUT2D eigenvalue weighted by Gasteiger charge is 2.33. The number of hydrogen-bond acceptors (Lipinski definition) is 5. The maximum Gasteiger partial charge on any atom is 0.165 e. The van der Waals surface area contributed by atoms with Crippen molar-refractivity contribution < 1.29 is 13.7 Å². The van der Waals surface area contributed by atoms with Crippen LogP contribution in [0.5, 0.6) is 5.75 Å². The predicted octanol–water partition coefficient (Wildman–Crippen LogP) is 6.46. The fourth-order valence-electron chi connectivity index (χ4n) is 5.26. The molecule has 7 nitrogen and oxygen atoms in total. The molecule has 0 aliphatic rings. The highest BCUT2D eigenvalue weighted by Crippen LogP contribution is 2.46. The molecule has 5 rings (SSSR count). The van der Waals surface area contributed by atoms with Crippen molar-refractivity contribution >= 4 is 34.4 Å². The predicted molar refractivity (Wildman–Crippen MR) is 150 cm³/mol. The van der Waals surface area contributed by atoms with Crippen molar-refractivity contribution in [2.24, 2.45) is 0 Å². The SMILES string of the molecule is COc1cc(-n2c(C(C)(C)CC#N)c(-c3cnc(P(C)(C)=O)c(C)c3)c3cc4[nH]ncc4cc32)ccc1F. The summed E-state index contributed by atoms with van der Waals surface area (Å²) in [5.41, 5.74) is 5.92. The van der Waals surface area contributed by atoms with E-state index in [-0.39, 0.29) is 12.2 Å². The molecule has 0 atom stereocenters. The van der Waals surface area contributed by atoms with Gasteiger partial charge in [-0.15, -0.1) is 0 Å². The molecule has 0 fully saturated rings. The molecule has 9 heteroatoms. The van der Waals surface area contributed by atoms with Gasteiger partial charge in [0.25, 0.3) is 0 Å². The third kappa shape index (κ3) is 4.17. The summed E-state index contributed by atoms with van der Waals surface area (Å²) in [7, 11) is -1.14. The molecule has 2 aromatic carbocycles. The Labute approximate surface area is 220 Å². The molecule has 5 aromatic rings. The summed E-state index contributed by atoms with van der Waals surface area (Å²) < 4.78 is 34.7. The number of nitriles is 1. The Morgan fingerprint density at radius 2 is 1.95 bits per heavy atom. The minimum Gasteiger partial charge on any atom is -0.494 e.